The molecule has 2 heterocycles. The maximum Gasteiger partial charge on any atom is 0.344 e. The molecule has 0 aliphatic rings. The van der Waals surface area contributed by atoms with Gasteiger partial charge in [0, 0.05) is 6.20 Å². The Morgan fingerprint density at radius 1 is 1.60 bits per heavy atom. The fraction of sp³-hybridized carbons (Fsp3) is 0.200. The van der Waals surface area contributed by atoms with Gasteiger partial charge in [0.25, 0.3) is 0 Å². The molecule has 0 aliphatic heterocycles. The number of aliphatic carboxylic acids is 1. The molecular formula is C10H9NO4. The van der Waals surface area contributed by atoms with Gasteiger partial charge in [0.05, 0.1) is 11.6 Å². The summed E-state index contributed by atoms with van der Waals surface area (Å²) in [6.07, 6.45) is 2.08. The van der Waals surface area contributed by atoms with Gasteiger partial charge in [-0.1, -0.05) is 0 Å². The average Bonchev–Trinajstić information content (AvgIpc) is 2.66. The number of carbonyl (C=O) groups is 1. The predicted molar refractivity (Wildman–Crippen MR) is 51.7 cm³/mol. The average molecular weight is 207 g/mol. The smallest absolute Gasteiger partial charge is 0.344 e. The highest BCUT2D eigenvalue weighted by atomic mass is 16.5. The third-order valence-electron chi connectivity index (χ3n) is 1.98. The highest BCUT2D eigenvalue weighted by Crippen LogP contribution is 2.24. The molecule has 0 radical (unpaired) electrons. The van der Waals surface area contributed by atoms with Crippen LogP contribution in [0.25, 0.3) is 11.0 Å². The molecule has 5 heteroatoms. The number of carboxylic acid groups (broad SMARTS) is 1. The number of pyridine rings is 1. The Balaban J connectivity index is 2.35. The monoisotopic (exact) mass is 207 g/mol. The fourth-order valence-electron chi connectivity index (χ4n) is 1.18. The van der Waals surface area contributed by atoms with E-state index in [4.69, 9.17) is 14.3 Å². The van der Waals surface area contributed by atoms with Crippen molar-refractivity contribution in [2.45, 2.75) is 13.0 Å². The van der Waals surface area contributed by atoms with E-state index in [-0.39, 0.29) is 5.88 Å². The lowest BCUT2D eigenvalue weighted by Gasteiger charge is -2.09. The number of ether oxygens (including phenoxy) is 1. The molecule has 0 bridgehead atoms. The van der Waals surface area contributed by atoms with Crippen LogP contribution in [-0.4, -0.2) is 22.2 Å². The summed E-state index contributed by atoms with van der Waals surface area (Å²) in [5.41, 5.74) is 0.623. The van der Waals surface area contributed by atoms with E-state index in [1.54, 1.807) is 12.1 Å². The van der Waals surface area contributed by atoms with E-state index >= 15 is 0 Å². The molecule has 0 saturated heterocycles. The van der Waals surface area contributed by atoms with Gasteiger partial charge in [0.15, 0.2) is 6.10 Å². The van der Waals surface area contributed by atoms with Gasteiger partial charge >= 0.3 is 5.97 Å². The van der Waals surface area contributed by atoms with Crippen molar-refractivity contribution in [3.05, 3.63) is 24.6 Å². The zero-order chi connectivity index (χ0) is 10.8. The van der Waals surface area contributed by atoms with Gasteiger partial charge in [0.2, 0.25) is 5.88 Å². The molecule has 1 N–H and O–H groups in total. The Morgan fingerprint density at radius 2 is 2.40 bits per heavy atom. The summed E-state index contributed by atoms with van der Waals surface area (Å²) in [4.78, 5) is 14.6. The molecule has 1 atom stereocenters. The first-order chi connectivity index (χ1) is 7.18. The maximum atomic E-state index is 10.6. The van der Waals surface area contributed by atoms with Crippen molar-refractivity contribution in [1.82, 2.24) is 4.98 Å². The summed E-state index contributed by atoms with van der Waals surface area (Å²) < 4.78 is 10.3. The van der Waals surface area contributed by atoms with Crippen molar-refractivity contribution in [3.63, 3.8) is 0 Å². The SMILES string of the molecule is CC(Oc1nccc2occc12)C(=O)O. The van der Waals surface area contributed by atoms with Crippen molar-refractivity contribution < 1.29 is 19.1 Å². The summed E-state index contributed by atoms with van der Waals surface area (Å²) in [6, 6.07) is 3.37. The normalized spacial score (nSPS) is 12.6. The number of rotatable bonds is 3. The minimum Gasteiger partial charge on any atom is -0.479 e. The van der Waals surface area contributed by atoms with Gasteiger partial charge in [-0.2, -0.15) is 0 Å². The molecule has 0 aliphatic carbocycles. The molecular weight excluding hydrogens is 198 g/mol. The maximum absolute atomic E-state index is 10.6. The van der Waals surface area contributed by atoms with E-state index in [0.717, 1.165) is 0 Å². The van der Waals surface area contributed by atoms with E-state index in [1.807, 2.05) is 0 Å². The minimum absolute atomic E-state index is 0.274. The van der Waals surface area contributed by atoms with Gasteiger partial charge < -0.3 is 14.3 Å². The van der Waals surface area contributed by atoms with Gasteiger partial charge in [-0.25, -0.2) is 9.78 Å². The lowest BCUT2D eigenvalue weighted by Crippen LogP contribution is -2.23. The quantitative estimate of drug-likeness (QED) is 0.828. The minimum atomic E-state index is -1.03. The number of aromatic nitrogens is 1. The van der Waals surface area contributed by atoms with Crippen LogP contribution in [0.2, 0.25) is 0 Å². The van der Waals surface area contributed by atoms with Gasteiger partial charge in [-0.3, -0.25) is 0 Å². The molecule has 0 aromatic carbocycles. The summed E-state index contributed by atoms with van der Waals surface area (Å²) in [5, 5.41) is 9.36. The molecule has 15 heavy (non-hydrogen) atoms. The first-order valence-corrected chi connectivity index (χ1v) is 4.40. The van der Waals surface area contributed by atoms with Crippen LogP contribution in [0, 0.1) is 0 Å². The third-order valence-corrected chi connectivity index (χ3v) is 1.98. The van der Waals surface area contributed by atoms with Crippen LogP contribution in [0.5, 0.6) is 5.88 Å². The van der Waals surface area contributed by atoms with Gasteiger partial charge in [0.1, 0.15) is 5.58 Å². The van der Waals surface area contributed by atoms with Crippen LogP contribution in [-0.2, 0) is 4.79 Å². The molecule has 78 valence electrons. The Labute approximate surface area is 85.3 Å². The molecule has 0 fully saturated rings. The summed E-state index contributed by atoms with van der Waals surface area (Å²) in [7, 11) is 0. The highest BCUT2D eigenvalue weighted by molar-refractivity contribution is 5.82. The van der Waals surface area contributed by atoms with E-state index in [9.17, 15) is 4.79 Å². The number of hydrogen-bond donors (Lipinski definition) is 1. The standard InChI is InChI=1S/C10H9NO4/c1-6(10(12)13)15-9-7-3-5-14-8(7)2-4-11-9/h2-6H,1H3,(H,12,13). The molecule has 0 saturated carbocycles. The van der Waals surface area contributed by atoms with E-state index < -0.39 is 12.1 Å². The lowest BCUT2D eigenvalue weighted by molar-refractivity contribution is -0.144. The molecule has 5 nitrogen and oxygen atoms in total. The molecule has 2 aromatic heterocycles. The summed E-state index contributed by atoms with van der Waals surface area (Å²) >= 11 is 0. The second kappa shape index (κ2) is 3.61. The second-order valence-corrected chi connectivity index (χ2v) is 3.05. The number of furan rings is 1. The van der Waals surface area contributed by atoms with Crippen molar-refractivity contribution in [2.24, 2.45) is 0 Å². The van der Waals surface area contributed by atoms with Crippen LogP contribution in [0.1, 0.15) is 6.92 Å². The lowest BCUT2D eigenvalue weighted by atomic mass is 10.3. The molecule has 2 aromatic rings. The number of carboxylic acids is 1. The first kappa shape index (κ1) is 9.51. The van der Waals surface area contributed by atoms with Gasteiger partial charge in [-0.05, 0) is 19.1 Å². The molecule has 0 spiro atoms. The van der Waals surface area contributed by atoms with Crippen molar-refractivity contribution in [3.8, 4) is 5.88 Å². The Hall–Kier alpha value is -2.04. The zero-order valence-corrected chi connectivity index (χ0v) is 8.01. The van der Waals surface area contributed by atoms with Crippen molar-refractivity contribution in [1.29, 1.82) is 0 Å². The van der Waals surface area contributed by atoms with Crippen molar-refractivity contribution in [2.75, 3.05) is 0 Å². The van der Waals surface area contributed by atoms with E-state index in [1.165, 1.54) is 19.4 Å². The summed E-state index contributed by atoms with van der Waals surface area (Å²) in [6.45, 7) is 1.45. The highest BCUT2D eigenvalue weighted by Gasteiger charge is 2.15. The fourth-order valence-corrected chi connectivity index (χ4v) is 1.18. The van der Waals surface area contributed by atoms with E-state index in [0.29, 0.717) is 11.0 Å². The van der Waals surface area contributed by atoms with Crippen LogP contribution < -0.4 is 4.74 Å². The zero-order valence-electron chi connectivity index (χ0n) is 8.01. The van der Waals surface area contributed by atoms with Gasteiger partial charge in [-0.15, -0.1) is 0 Å². The van der Waals surface area contributed by atoms with E-state index in [2.05, 4.69) is 4.98 Å². The number of fused-ring (bicyclic) bond motifs is 1. The third kappa shape index (κ3) is 1.76. The summed E-state index contributed by atoms with van der Waals surface area (Å²) in [5.74, 6) is -0.756. The Kier molecular flexibility index (Phi) is 2.29. The van der Waals surface area contributed by atoms with Crippen LogP contribution in [0.15, 0.2) is 29.0 Å². The van der Waals surface area contributed by atoms with Crippen molar-refractivity contribution >= 4 is 16.9 Å². The van der Waals surface area contributed by atoms with Crippen LogP contribution in [0.4, 0.5) is 0 Å². The topological polar surface area (TPSA) is 72.6 Å². The molecule has 0 amide bonds. The largest absolute Gasteiger partial charge is 0.479 e. The molecule has 1 unspecified atom stereocenters. The number of nitrogens with zero attached hydrogens (tertiary/aromatic N) is 1. The Morgan fingerprint density at radius 3 is 3.13 bits per heavy atom. The van der Waals surface area contributed by atoms with Crippen LogP contribution in [0.3, 0.4) is 0 Å². The first-order valence-electron chi connectivity index (χ1n) is 4.40. The predicted octanol–water partition coefficient (Wildman–Crippen LogP) is 1.68. The Bertz CT molecular complexity index is 491. The molecule has 2 rings (SSSR count). The number of hydrogen-bond acceptors (Lipinski definition) is 4. The second-order valence-electron chi connectivity index (χ2n) is 3.05. The van der Waals surface area contributed by atoms with Crippen LogP contribution >= 0.6 is 0 Å².